The largest absolute Gasteiger partial charge is 0.339 e. The molecule has 2 aromatic carbocycles. The van der Waals surface area contributed by atoms with Gasteiger partial charge in [0.15, 0.2) is 0 Å². The zero-order chi connectivity index (χ0) is 19.6. The Morgan fingerprint density at radius 2 is 1.54 bits per heavy atom. The standard InChI is InChI=1S/C21H23N3O3.CH4/c1-15(2)22-14-19(21(26)24-27)23-20(25)18-12-10-17(11-13-18)9-8-16-6-4-3-5-7-16;/h3-7,10-13,15,19,22,27H,14H2,1-2H3,(H,23,25)(H,24,26);1H4/t19-;/m0./s1. The summed E-state index contributed by atoms with van der Waals surface area (Å²) in [5.41, 5.74) is 3.67. The summed E-state index contributed by atoms with van der Waals surface area (Å²) < 4.78 is 0. The van der Waals surface area contributed by atoms with Crippen molar-refractivity contribution < 1.29 is 14.8 Å². The summed E-state index contributed by atoms with van der Waals surface area (Å²) >= 11 is 0. The smallest absolute Gasteiger partial charge is 0.267 e. The maximum Gasteiger partial charge on any atom is 0.267 e. The zero-order valence-electron chi connectivity index (χ0n) is 15.3. The number of benzene rings is 2. The van der Waals surface area contributed by atoms with Crippen LogP contribution in [0.5, 0.6) is 0 Å². The second-order valence-corrected chi connectivity index (χ2v) is 6.26. The van der Waals surface area contributed by atoms with E-state index in [2.05, 4.69) is 22.5 Å². The molecule has 0 fully saturated rings. The van der Waals surface area contributed by atoms with Crippen LogP contribution in [0.4, 0.5) is 0 Å². The second-order valence-electron chi connectivity index (χ2n) is 6.26. The van der Waals surface area contributed by atoms with Gasteiger partial charge in [0.1, 0.15) is 6.04 Å². The lowest BCUT2D eigenvalue weighted by Crippen LogP contribution is -2.52. The molecule has 0 aliphatic heterocycles. The topological polar surface area (TPSA) is 90.5 Å². The van der Waals surface area contributed by atoms with E-state index in [1.165, 1.54) is 0 Å². The quantitative estimate of drug-likeness (QED) is 0.351. The van der Waals surface area contributed by atoms with Crippen molar-refractivity contribution in [1.82, 2.24) is 16.1 Å². The molecule has 0 bridgehead atoms. The predicted molar refractivity (Wildman–Crippen MR) is 110 cm³/mol. The molecule has 0 saturated carbocycles. The van der Waals surface area contributed by atoms with Crippen molar-refractivity contribution >= 4 is 11.8 Å². The fraction of sp³-hybridized carbons (Fsp3) is 0.273. The van der Waals surface area contributed by atoms with Gasteiger partial charge in [-0.1, -0.05) is 51.3 Å². The summed E-state index contributed by atoms with van der Waals surface area (Å²) in [7, 11) is 0. The summed E-state index contributed by atoms with van der Waals surface area (Å²) in [5, 5.41) is 14.5. The first-order chi connectivity index (χ1) is 13.0. The molecule has 0 unspecified atom stereocenters. The highest BCUT2D eigenvalue weighted by Crippen LogP contribution is 2.05. The molecule has 2 aromatic rings. The average molecular weight is 381 g/mol. The van der Waals surface area contributed by atoms with Gasteiger partial charge in [-0.2, -0.15) is 0 Å². The lowest BCUT2D eigenvalue weighted by molar-refractivity contribution is -0.131. The number of hydrogen-bond acceptors (Lipinski definition) is 4. The minimum Gasteiger partial charge on any atom is -0.339 e. The molecule has 2 amide bonds. The van der Waals surface area contributed by atoms with Gasteiger partial charge in [-0.05, 0) is 36.4 Å². The van der Waals surface area contributed by atoms with Crippen molar-refractivity contribution in [3.05, 3.63) is 71.3 Å². The maximum absolute atomic E-state index is 12.4. The molecule has 28 heavy (non-hydrogen) atoms. The Labute approximate surface area is 166 Å². The van der Waals surface area contributed by atoms with E-state index in [0.717, 1.165) is 11.1 Å². The SMILES string of the molecule is C.CC(C)NC[C@H](NC(=O)c1ccc(C#Cc2ccccc2)cc1)C(=O)NO. The Kier molecular flexibility index (Phi) is 9.44. The molecular weight excluding hydrogens is 354 g/mol. The summed E-state index contributed by atoms with van der Waals surface area (Å²) in [6.45, 7) is 4.05. The van der Waals surface area contributed by atoms with E-state index in [1.54, 1.807) is 29.7 Å². The number of carbonyl (C=O) groups is 2. The zero-order valence-corrected chi connectivity index (χ0v) is 15.3. The average Bonchev–Trinajstić information content (AvgIpc) is 2.69. The summed E-state index contributed by atoms with van der Waals surface area (Å²) in [4.78, 5) is 24.1. The first-order valence-electron chi connectivity index (χ1n) is 8.65. The van der Waals surface area contributed by atoms with Crippen LogP contribution in [0, 0.1) is 11.8 Å². The van der Waals surface area contributed by atoms with Crippen LogP contribution in [-0.2, 0) is 4.79 Å². The predicted octanol–water partition coefficient (Wildman–Crippen LogP) is 2.32. The van der Waals surface area contributed by atoms with Crippen molar-refractivity contribution in [3.63, 3.8) is 0 Å². The molecule has 148 valence electrons. The summed E-state index contributed by atoms with van der Waals surface area (Å²) in [6, 6.07) is 15.7. The van der Waals surface area contributed by atoms with E-state index in [9.17, 15) is 9.59 Å². The van der Waals surface area contributed by atoms with Crippen molar-refractivity contribution in [2.24, 2.45) is 0 Å². The number of hydroxylamine groups is 1. The molecule has 0 aromatic heterocycles. The Morgan fingerprint density at radius 1 is 0.964 bits per heavy atom. The van der Waals surface area contributed by atoms with Gasteiger partial charge in [0.2, 0.25) is 0 Å². The highest BCUT2D eigenvalue weighted by atomic mass is 16.5. The molecule has 6 heteroatoms. The van der Waals surface area contributed by atoms with Crippen molar-refractivity contribution in [3.8, 4) is 11.8 Å². The normalized spacial score (nSPS) is 10.9. The van der Waals surface area contributed by atoms with E-state index in [1.807, 2.05) is 44.2 Å². The van der Waals surface area contributed by atoms with Crippen LogP contribution in [0.3, 0.4) is 0 Å². The van der Waals surface area contributed by atoms with Gasteiger partial charge in [-0.25, -0.2) is 5.48 Å². The third kappa shape index (κ3) is 7.23. The van der Waals surface area contributed by atoms with Gasteiger partial charge in [0.25, 0.3) is 11.8 Å². The lowest BCUT2D eigenvalue weighted by Gasteiger charge is -2.19. The van der Waals surface area contributed by atoms with E-state index in [4.69, 9.17) is 5.21 Å². The van der Waals surface area contributed by atoms with E-state index >= 15 is 0 Å². The fourth-order valence-electron chi connectivity index (χ4n) is 2.25. The molecule has 0 aliphatic rings. The van der Waals surface area contributed by atoms with Crippen LogP contribution in [0.25, 0.3) is 0 Å². The number of amides is 2. The number of rotatable bonds is 6. The summed E-state index contributed by atoms with van der Waals surface area (Å²) in [5.74, 6) is 5.01. The first kappa shape index (κ1) is 22.9. The number of carbonyl (C=O) groups excluding carboxylic acids is 2. The molecule has 0 radical (unpaired) electrons. The lowest BCUT2D eigenvalue weighted by atomic mass is 10.1. The van der Waals surface area contributed by atoms with Crippen LogP contribution < -0.4 is 16.1 Å². The van der Waals surface area contributed by atoms with E-state index in [-0.39, 0.29) is 20.0 Å². The van der Waals surface area contributed by atoms with Crippen LogP contribution in [-0.4, -0.2) is 35.7 Å². The monoisotopic (exact) mass is 381 g/mol. The highest BCUT2D eigenvalue weighted by molar-refractivity contribution is 5.97. The van der Waals surface area contributed by atoms with Crippen molar-refractivity contribution in [1.29, 1.82) is 0 Å². The molecule has 4 N–H and O–H groups in total. The Bertz CT molecular complexity index is 822. The Balaban J connectivity index is 0.00000392. The van der Waals surface area contributed by atoms with Gasteiger partial charge in [0.05, 0.1) is 0 Å². The molecule has 0 aliphatic carbocycles. The van der Waals surface area contributed by atoms with E-state index < -0.39 is 17.9 Å². The van der Waals surface area contributed by atoms with Crippen molar-refractivity contribution in [2.75, 3.05) is 6.54 Å². The van der Waals surface area contributed by atoms with Crippen LogP contribution in [0.2, 0.25) is 0 Å². The van der Waals surface area contributed by atoms with Gasteiger partial charge in [-0.15, -0.1) is 0 Å². The Morgan fingerprint density at radius 3 is 2.07 bits per heavy atom. The van der Waals surface area contributed by atoms with Gasteiger partial charge in [-0.3, -0.25) is 14.8 Å². The molecular formula is C22H27N3O3. The maximum atomic E-state index is 12.4. The molecule has 1 atom stereocenters. The molecule has 2 rings (SSSR count). The van der Waals surface area contributed by atoms with Crippen molar-refractivity contribution in [2.45, 2.75) is 33.4 Å². The van der Waals surface area contributed by atoms with Gasteiger partial charge >= 0.3 is 0 Å². The minimum atomic E-state index is -0.887. The number of hydrogen-bond donors (Lipinski definition) is 4. The molecule has 0 saturated heterocycles. The van der Waals surface area contributed by atoms with Gasteiger partial charge in [0, 0.05) is 29.3 Å². The molecule has 0 spiro atoms. The van der Waals surface area contributed by atoms with Crippen LogP contribution in [0.1, 0.15) is 42.8 Å². The third-order valence-electron chi connectivity index (χ3n) is 3.73. The first-order valence-corrected chi connectivity index (χ1v) is 8.65. The molecule has 0 heterocycles. The van der Waals surface area contributed by atoms with Crippen LogP contribution >= 0.6 is 0 Å². The van der Waals surface area contributed by atoms with Crippen LogP contribution in [0.15, 0.2) is 54.6 Å². The Hall–Kier alpha value is -3.14. The minimum absolute atomic E-state index is 0. The summed E-state index contributed by atoms with van der Waals surface area (Å²) in [6.07, 6.45) is 0. The number of nitrogens with one attached hydrogen (secondary N) is 3. The fourth-order valence-corrected chi connectivity index (χ4v) is 2.25. The van der Waals surface area contributed by atoms with Gasteiger partial charge < -0.3 is 10.6 Å². The molecule has 6 nitrogen and oxygen atoms in total. The second kappa shape index (κ2) is 11.5. The highest BCUT2D eigenvalue weighted by Gasteiger charge is 2.21. The van der Waals surface area contributed by atoms with E-state index in [0.29, 0.717) is 5.56 Å². The third-order valence-corrected chi connectivity index (χ3v) is 3.73.